The zero-order chi connectivity index (χ0) is 16.0. The molecule has 7 heteroatoms. The van der Waals surface area contributed by atoms with Crippen molar-refractivity contribution >= 4 is 0 Å². The summed E-state index contributed by atoms with van der Waals surface area (Å²) in [4.78, 5) is 4.27. The van der Waals surface area contributed by atoms with Gasteiger partial charge in [0.05, 0.1) is 38.6 Å². The van der Waals surface area contributed by atoms with Gasteiger partial charge < -0.3 is 29.6 Å². The molecular formula is C15H27N3O4. The van der Waals surface area contributed by atoms with Gasteiger partial charge in [0.15, 0.2) is 0 Å². The highest BCUT2D eigenvalue weighted by Gasteiger charge is 2.44. The fraction of sp³-hybridized carbons (Fsp3) is 0.800. The van der Waals surface area contributed by atoms with Crippen LogP contribution in [0.5, 0.6) is 0 Å². The zero-order valence-electron chi connectivity index (χ0n) is 13.4. The molecule has 1 saturated carbocycles. The van der Waals surface area contributed by atoms with E-state index in [1.807, 2.05) is 17.8 Å². The molecule has 126 valence electrons. The molecule has 1 aromatic heterocycles. The molecule has 2 rings (SSSR count). The Balaban J connectivity index is 1.86. The maximum atomic E-state index is 9.89. The van der Waals surface area contributed by atoms with Crippen LogP contribution in [0.3, 0.4) is 0 Å². The van der Waals surface area contributed by atoms with E-state index in [0.29, 0.717) is 45.8 Å². The fourth-order valence-electron chi connectivity index (χ4n) is 2.99. The first-order valence-electron chi connectivity index (χ1n) is 7.66. The molecule has 0 bridgehead atoms. The molecule has 0 aliphatic heterocycles. The quantitative estimate of drug-likeness (QED) is 0.541. The molecule has 1 aliphatic rings. The van der Waals surface area contributed by atoms with E-state index in [0.717, 1.165) is 5.82 Å². The van der Waals surface area contributed by atoms with Gasteiger partial charge in [-0.1, -0.05) is 0 Å². The van der Waals surface area contributed by atoms with Crippen LogP contribution in [0.4, 0.5) is 0 Å². The van der Waals surface area contributed by atoms with Crippen molar-refractivity contribution in [2.24, 2.45) is 12.5 Å². The minimum atomic E-state index is -0.680. The Kier molecular flexibility index (Phi) is 6.34. The number of aliphatic hydroxyl groups is 2. The Bertz CT molecular complexity index is 442. The molecule has 0 spiro atoms. The second-order valence-corrected chi connectivity index (χ2v) is 6.15. The SMILES string of the molecule is COCCOCC1(CNCc2nccn2C)C[C@@H](O)[C@@H](O)C1. The van der Waals surface area contributed by atoms with Gasteiger partial charge in [-0.3, -0.25) is 0 Å². The van der Waals surface area contributed by atoms with Crippen molar-refractivity contribution < 1.29 is 19.7 Å². The average molecular weight is 313 g/mol. The maximum Gasteiger partial charge on any atom is 0.122 e. The first kappa shape index (κ1) is 17.4. The number of nitrogens with one attached hydrogen (secondary N) is 1. The lowest BCUT2D eigenvalue weighted by Crippen LogP contribution is -2.37. The van der Waals surface area contributed by atoms with E-state index >= 15 is 0 Å². The molecule has 1 fully saturated rings. The highest BCUT2D eigenvalue weighted by Crippen LogP contribution is 2.38. The fourth-order valence-corrected chi connectivity index (χ4v) is 2.99. The van der Waals surface area contributed by atoms with Gasteiger partial charge in [-0.2, -0.15) is 0 Å². The van der Waals surface area contributed by atoms with Gasteiger partial charge in [0.25, 0.3) is 0 Å². The Morgan fingerprint density at radius 3 is 2.68 bits per heavy atom. The van der Waals surface area contributed by atoms with Crippen LogP contribution in [0.1, 0.15) is 18.7 Å². The van der Waals surface area contributed by atoms with Crippen LogP contribution in [0, 0.1) is 5.41 Å². The topological polar surface area (TPSA) is 88.8 Å². The van der Waals surface area contributed by atoms with Crippen LogP contribution in [0.15, 0.2) is 12.4 Å². The molecule has 0 radical (unpaired) electrons. The minimum Gasteiger partial charge on any atom is -0.390 e. The van der Waals surface area contributed by atoms with Crippen molar-refractivity contribution in [1.29, 1.82) is 0 Å². The smallest absolute Gasteiger partial charge is 0.122 e. The molecule has 0 amide bonds. The summed E-state index contributed by atoms with van der Waals surface area (Å²) in [7, 11) is 3.59. The van der Waals surface area contributed by atoms with E-state index in [1.165, 1.54) is 0 Å². The van der Waals surface area contributed by atoms with Crippen LogP contribution in [0.25, 0.3) is 0 Å². The number of hydrogen-bond donors (Lipinski definition) is 3. The second kappa shape index (κ2) is 8.03. The van der Waals surface area contributed by atoms with Crippen molar-refractivity contribution in [1.82, 2.24) is 14.9 Å². The largest absolute Gasteiger partial charge is 0.390 e. The molecule has 7 nitrogen and oxygen atoms in total. The van der Waals surface area contributed by atoms with E-state index in [-0.39, 0.29) is 5.41 Å². The third-order valence-electron chi connectivity index (χ3n) is 4.27. The maximum absolute atomic E-state index is 9.89. The Morgan fingerprint density at radius 1 is 1.36 bits per heavy atom. The summed E-state index contributed by atoms with van der Waals surface area (Å²) >= 11 is 0. The van der Waals surface area contributed by atoms with Crippen LogP contribution < -0.4 is 5.32 Å². The number of aromatic nitrogens is 2. The van der Waals surface area contributed by atoms with Gasteiger partial charge in [0.1, 0.15) is 5.82 Å². The lowest BCUT2D eigenvalue weighted by atomic mass is 9.86. The van der Waals surface area contributed by atoms with Crippen molar-refractivity contribution in [3.8, 4) is 0 Å². The third-order valence-corrected chi connectivity index (χ3v) is 4.27. The van der Waals surface area contributed by atoms with Gasteiger partial charge in [-0.05, 0) is 12.8 Å². The molecule has 22 heavy (non-hydrogen) atoms. The van der Waals surface area contributed by atoms with Gasteiger partial charge in [-0.25, -0.2) is 4.98 Å². The molecule has 3 N–H and O–H groups in total. The Hall–Kier alpha value is -0.990. The summed E-state index contributed by atoms with van der Waals surface area (Å²) in [6.45, 7) is 2.88. The van der Waals surface area contributed by atoms with Crippen molar-refractivity contribution in [2.75, 3.05) is 33.5 Å². The molecular weight excluding hydrogens is 286 g/mol. The number of rotatable bonds is 9. The van der Waals surface area contributed by atoms with Crippen LogP contribution in [0.2, 0.25) is 0 Å². The van der Waals surface area contributed by atoms with Crippen molar-refractivity contribution in [3.63, 3.8) is 0 Å². The van der Waals surface area contributed by atoms with E-state index in [1.54, 1.807) is 13.3 Å². The van der Waals surface area contributed by atoms with Gasteiger partial charge in [-0.15, -0.1) is 0 Å². The summed E-state index contributed by atoms with van der Waals surface area (Å²) in [5, 5.41) is 23.2. The molecule has 1 heterocycles. The first-order valence-corrected chi connectivity index (χ1v) is 7.66. The molecule has 3 atom stereocenters. The van der Waals surface area contributed by atoms with Crippen molar-refractivity contribution in [3.05, 3.63) is 18.2 Å². The number of hydrogen-bond acceptors (Lipinski definition) is 6. The molecule has 0 saturated heterocycles. The number of ether oxygens (including phenoxy) is 2. The standard InChI is InChI=1S/C15H27N3O4/c1-18-4-3-17-14(18)9-16-10-15(11-22-6-5-21-2)7-12(19)13(20)8-15/h3-4,12-13,16,19-20H,5-11H2,1-2H3/t12-,13+,15?. The zero-order valence-corrected chi connectivity index (χ0v) is 13.4. The normalized spacial score (nSPS) is 28.4. The lowest BCUT2D eigenvalue weighted by Gasteiger charge is -2.29. The van der Waals surface area contributed by atoms with Gasteiger partial charge >= 0.3 is 0 Å². The summed E-state index contributed by atoms with van der Waals surface area (Å²) in [6.07, 6.45) is 3.39. The van der Waals surface area contributed by atoms with Crippen LogP contribution >= 0.6 is 0 Å². The summed E-state index contributed by atoms with van der Waals surface area (Å²) in [6, 6.07) is 0. The highest BCUT2D eigenvalue weighted by atomic mass is 16.5. The summed E-state index contributed by atoms with van der Waals surface area (Å²) in [5.74, 6) is 0.953. The molecule has 1 unspecified atom stereocenters. The first-order chi connectivity index (χ1) is 10.6. The van der Waals surface area contributed by atoms with Crippen molar-refractivity contribution in [2.45, 2.75) is 31.6 Å². The summed E-state index contributed by atoms with van der Waals surface area (Å²) in [5.41, 5.74) is -0.252. The monoisotopic (exact) mass is 313 g/mol. The van der Waals surface area contributed by atoms with E-state index in [2.05, 4.69) is 10.3 Å². The molecule has 0 aromatic carbocycles. The number of imidazole rings is 1. The Labute approximate surface area is 131 Å². The van der Waals surface area contributed by atoms with E-state index < -0.39 is 12.2 Å². The number of methoxy groups -OCH3 is 1. The Morgan fingerprint density at radius 2 is 2.09 bits per heavy atom. The number of nitrogens with zero attached hydrogens (tertiary/aromatic N) is 2. The second-order valence-electron chi connectivity index (χ2n) is 6.15. The predicted molar refractivity (Wildman–Crippen MR) is 81.3 cm³/mol. The van der Waals surface area contributed by atoms with E-state index in [9.17, 15) is 10.2 Å². The third kappa shape index (κ3) is 4.50. The van der Waals surface area contributed by atoms with Gasteiger partial charge in [0, 0.05) is 38.5 Å². The predicted octanol–water partition coefficient (Wildman–Crippen LogP) is -0.325. The van der Waals surface area contributed by atoms with Crippen LogP contribution in [-0.2, 0) is 23.1 Å². The lowest BCUT2D eigenvalue weighted by molar-refractivity contribution is 0.0111. The minimum absolute atomic E-state index is 0.252. The van der Waals surface area contributed by atoms with Gasteiger partial charge in [0.2, 0.25) is 0 Å². The molecule has 1 aliphatic carbocycles. The van der Waals surface area contributed by atoms with E-state index in [4.69, 9.17) is 9.47 Å². The molecule has 1 aromatic rings. The average Bonchev–Trinajstić information content (AvgIpc) is 3.00. The number of aliphatic hydroxyl groups excluding tert-OH is 2. The summed E-state index contributed by atoms with van der Waals surface area (Å²) < 4.78 is 12.6. The number of aryl methyl sites for hydroxylation is 1. The van der Waals surface area contributed by atoms with Crippen LogP contribution in [-0.4, -0.2) is 65.4 Å². The highest BCUT2D eigenvalue weighted by molar-refractivity contribution is 4.97.